The standard InChI is InChI=1S/C19H17ClN2O2S/c1-13-2-6-15(7-3-13)17-12-25-19(24)22(17)11-18(23)21-10-14-4-8-16(20)9-5-14/h2-9,12H,10-11H2,1H3,(H,21,23). The van der Waals surface area contributed by atoms with Crippen molar-refractivity contribution < 1.29 is 4.79 Å². The maximum Gasteiger partial charge on any atom is 0.308 e. The molecule has 0 radical (unpaired) electrons. The predicted molar refractivity (Wildman–Crippen MR) is 102 cm³/mol. The summed E-state index contributed by atoms with van der Waals surface area (Å²) in [5.41, 5.74) is 3.79. The Hall–Kier alpha value is -2.37. The van der Waals surface area contributed by atoms with E-state index in [1.54, 1.807) is 17.5 Å². The number of amides is 1. The third kappa shape index (κ3) is 4.38. The highest BCUT2D eigenvalue weighted by molar-refractivity contribution is 7.07. The van der Waals surface area contributed by atoms with Gasteiger partial charge >= 0.3 is 4.87 Å². The molecule has 0 bridgehead atoms. The van der Waals surface area contributed by atoms with Gasteiger partial charge in [-0.25, -0.2) is 0 Å². The summed E-state index contributed by atoms with van der Waals surface area (Å²) in [7, 11) is 0. The van der Waals surface area contributed by atoms with Gasteiger partial charge in [0.25, 0.3) is 0 Å². The SMILES string of the molecule is Cc1ccc(-c2csc(=O)n2CC(=O)NCc2ccc(Cl)cc2)cc1. The van der Waals surface area contributed by atoms with Crippen LogP contribution in [0, 0.1) is 6.92 Å². The van der Waals surface area contributed by atoms with E-state index in [2.05, 4.69) is 5.32 Å². The molecule has 4 nitrogen and oxygen atoms in total. The summed E-state index contributed by atoms with van der Waals surface area (Å²) in [6, 6.07) is 15.2. The molecule has 0 fully saturated rings. The Balaban J connectivity index is 1.71. The Kier molecular flexibility index (Phi) is 5.36. The molecule has 0 aliphatic heterocycles. The van der Waals surface area contributed by atoms with Crippen LogP contribution in [-0.2, 0) is 17.9 Å². The van der Waals surface area contributed by atoms with Crippen LogP contribution in [0.25, 0.3) is 11.3 Å². The molecule has 128 valence electrons. The molecule has 2 aromatic carbocycles. The molecule has 1 amide bonds. The fourth-order valence-electron chi connectivity index (χ4n) is 2.43. The van der Waals surface area contributed by atoms with Crippen molar-refractivity contribution >= 4 is 28.8 Å². The van der Waals surface area contributed by atoms with Crippen molar-refractivity contribution in [3.63, 3.8) is 0 Å². The van der Waals surface area contributed by atoms with Gasteiger partial charge in [-0.3, -0.25) is 14.2 Å². The second kappa shape index (κ2) is 7.68. The summed E-state index contributed by atoms with van der Waals surface area (Å²) < 4.78 is 1.51. The van der Waals surface area contributed by atoms with Gasteiger partial charge in [0, 0.05) is 16.9 Å². The number of nitrogens with one attached hydrogen (secondary N) is 1. The maximum absolute atomic E-state index is 12.2. The number of benzene rings is 2. The number of nitrogens with zero attached hydrogens (tertiary/aromatic N) is 1. The van der Waals surface area contributed by atoms with Crippen LogP contribution < -0.4 is 10.2 Å². The lowest BCUT2D eigenvalue weighted by Gasteiger charge is -2.09. The van der Waals surface area contributed by atoms with Crippen molar-refractivity contribution in [2.24, 2.45) is 0 Å². The van der Waals surface area contributed by atoms with Gasteiger partial charge < -0.3 is 5.32 Å². The second-order valence-electron chi connectivity index (χ2n) is 5.74. The molecule has 1 N–H and O–H groups in total. The van der Waals surface area contributed by atoms with Gasteiger partial charge in [0.1, 0.15) is 6.54 Å². The molecule has 0 aliphatic rings. The van der Waals surface area contributed by atoms with E-state index in [-0.39, 0.29) is 17.3 Å². The number of hydrogen-bond acceptors (Lipinski definition) is 3. The Bertz CT molecular complexity index is 927. The average Bonchev–Trinajstić information content (AvgIpc) is 2.96. The normalized spacial score (nSPS) is 10.6. The van der Waals surface area contributed by atoms with Crippen LogP contribution in [0.4, 0.5) is 0 Å². The summed E-state index contributed by atoms with van der Waals surface area (Å²) >= 11 is 6.95. The minimum Gasteiger partial charge on any atom is -0.350 e. The number of aromatic nitrogens is 1. The lowest BCUT2D eigenvalue weighted by molar-refractivity contribution is -0.121. The van der Waals surface area contributed by atoms with Crippen LogP contribution in [0.15, 0.2) is 58.7 Å². The van der Waals surface area contributed by atoms with Gasteiger partial charge in [0.05, 0.1) is 5.69 Å². The number of thiazole rings is 1. The third-order valence-corrected chi connectivity index (χ3v) is 4.85. The molecule has 0 aliphatic carbocycles. The molecule has 1 heterocycles. The fourth-order valence-corrected chi connectivity index (χ4v) is 3.32. The van der Waals surface area contributed by atoms with E-state index < -0.39 is 0 Å². The van der Waals surface area contributed by atoms with Gasteiger partial charge in [0.15, 0.2) is 0 Å². The van der Waals surface area contributed by atoms with Crippen molar-refractivity contribution in [2.45, 2.75) is 20.0 Å². The van der Waals surface area contributed by atoms with Crippen LogP contribution in [-0.4, -0.2) is 10.5 Å². The maximum atomic E-state index is 12.2. The zero-order chi connectivity index (χ0) is 17.8. The molecule has 0 saturated heterocycles. The van der Waals surface area contributed by atoms with E-state index >= 15 is 0 Å². The molecule has 3 aromatic rings. The molecule has 3 rings (SSSR count). The second-order valence-corrected chi connectivity index (χ2v) is 7.00. The molecular weight excluding hydrogens is 356 g/mol. The largest absolute Gasteiger partial charge is 0.350 e. The zero-order valence-electron chi connectivity index (χ0n) is 13.7. The number of rotatable bonds is 5. The fraction of sp³-hybridized carbons (Fsp3) is 0.158. The van der Waals surface area contributed by atoms with E-state index in [9.17, 15) is 9.59 Å². The van der Waals surface area contributed by atoms with E-state index in [1.807, 2.05) is 43.3 Å². The van der Waals surface area contributed by atoms with Crippen molar-refractivity contribution in [3.05, 3.63) is 79.7 Å². The Morgan fingerprint density at radius 1 is 1.12 bits per heavy atom. The van der Waals surface area contributed by atoms with Gasteiger partial charge in [-0.2, -0.15) is 0 Å². The molecule has 0 spiro atoms. The van der Waals surface area contributed by atoms with Gasteiger partial charge in [-0.05, 0) is 30.2 Å². The molecule has 1 aromatic heterocycles. The van der Waals surface area contributed by atoms with E-state index in [4.69, 9.17) is 11.6 Å². The topological polar surface area (TPSA) is 51.1 Å². The van der Waals surface area contributed by atoms with Crippen molar-refractivity contribution in [1.82, 2.24) is 9.88 Å². The highest BCUT2D eigenvalue weighted by Gasteiger charge is 2.12. The number of aryl methyl sites for hydroxylation is 1. The third-order valence-electron chi connectivity index (χ3n) is 3.83. The summed E-state index contributed by atoms with van der Waals surface area (Å²) in [4.78, 5) is 24.2. The Labute approximate surface area is 154 Å². The molecule has 0 unspecified atom stereocenters. The van der Waals surface area contributed by atoms with E-state index in [0.717, 1.165) is 33.7 Å². The minimum absolute atomic E-state index is 0.000860. The molecule has 0 atom stereocenters. The van der Waals surface area contributed by atoms with Crippen molar-refractivity contribution in [3.8, 4) is 11.3 Å². The van der Waals surface area contributed by atoms with Gasteiger partial charge in [-0.15, -0.1) is 0 Å². The van der Waals surface area contributed by atoms with E-state index in [0.29, 0.717) is 11.6 Å². The summed E-state index contributed by atoms with van der Waals surface area (Å²) in [6.45, 7) is 2.41. The first-order valence-electron chi connectivity index (χ1n) is 7.79. The minimum atomic E-state index is -0.205. The number of halogens is 1. The lowest BCUT2D eigenvalue weighted by Crippen LogP contribution is -2.30. The molecular formula is C19H17ClN2O2S. The summed E-state index contributed by atoms with van der Waals surface area (Å²) in [6.07, 6.45) is 0. The summed E-state index contributed by atoms with van der Waals surface area (Å²) in [5, 5.41) is 5.28. The van der Waals surface area contributed by atoms with Crippen LogP contribution in [0.1, 0.15) is 11.1 Å². The van der Waals surface area contributed by atoms with Crippen LogP contribution in [0.2, 0.25) is 5.02 Å². The lowest BCUT2D eigenvalue weighted by atomic mass is 10.1. The predicted octanol–water partition coefficient (Wildman–Crippen LogP) is 3.86. The number of carbonyl (C=O) groups excluding carboxylic acids is 1. The monoisotopic (exact) mass is 372 g/mol. The molecule has 0 saturated carbocycles. The molecule has 25 heavy (non-hydrogen) atoms. The number of hydrogen-bond donors (Lipinski definition) is 1. The highest BCUT2D eigenvalue weighted by Crippen LogP contribution is 2.20. The quantitative estimate of drug-likeness (QED) is 0.739. The Morgan fingerprint density at radius 2 is 1.80 bits per heavy atom. The van der Waals surface area contributed by atoms with Crippen LogP contribution in [0.5, 0.6) is 0 Å². The van der Waals surface area contributed by atoms with Crippen molar-refractivity contribution in [1.29, 1.82) is 0 Å². The average molecular weight is 373 g/mol. The smallest absolute Gasteiger partial charge is 0.308 e. The van der Waals surface area contributed by atoms with Crippen LogP contribution in [0.3, 0.4) is 0 Å². The Morgan fingerprint density at radius 3 is 2.48 bits per heavy atom. The molecule has 6 heteroatoms. The van der Waals surface area contributed by atoms with Crippen molar-refractivity contribution in [2.75, 3.05) is 0 Å². The number of carbonyl (C=O) groups is 1. The van der Waals surface area contributed by atoms with Gasteiger partial charge in [-0.1, -0.05) is 64.9 Å². The highest BCUT2D eigenvalue weighted by atomic mass is 35.5. The first-order valence-corrected chi connectivity index (χ1v) is 9.05. The van der Waals surface area contributed by atoms with Gasteiger partial charge in [0.2, 0.25) is 5.91 Å². The first-order chi connectivity index (χ1) is 12.0. The van der Waals surface area contributed by atoms with Crippen LogP contribution >= 0.6 is 22.9 Å². The summed E-state index contributed by atoms with van der Waals surface area (Å²) in [5.74, 6) is -0.205. The first kappa shape index (κ1) is 17.5. The van der Waals surface area contributed by atoms with E-state index in [1.165, 1.54) is 4.57 Å². The zero-order valence-corrected chi connectivity index (χ0v) is 15.2.